The average molecular weight is 523 g/mol. The normalized spacial score (nSPS) is 18.6. The molecule has 2 aromatic rings. The van der Waals surface area contributed by atoms with Crippen LogP contribution in [-0.2, 0) is 24.4 Å². The number of amides is 1. The van der Waals surface area contributed by atoms with Gasteiger partial charge in [-0.05, 0) is 44.7 Å². The van der Waals surface area contributed by atoms with Gasteiger partial charge in [0.05, 0.1) is 4.90 Å². The molecule has 0 spiro atoms. The van der Waals surface area contributed by atoms with E-state index in [0.717, 1.165) is 37.3 Å². The highest BCUT2D eigenvalue weighted by Crippen LogP contribution is 2.22. The van der Waals surface area contributed by atoms with Crippen LogP contribution < -0.4 is 20.8 Å². The SMILES string of the molecule is Cc1cc(C)c(S(=O)(=O)NC(CNC(=O)C2CC(CCCCNc3ncc[nH]3)NO2)C(=O)O)c(C)c1. The number of hydrogen-bond donors (Lipinski definition) is 6. The molecule has 36 heavy (non-hydrogen) atoms. The van der Waals surface area contributed by atoms with E-state index in [1.165, 1.54) is 0 Å². The van der Waals surface area contributed by atoms with Crippen molar-refractivity contribution in [1.29, 1.82) is 0 Å². The van der Waals surface area contributed by atoms with E-state index < -0.39 is 40.6 Å². The summed E-state index contributed by atoms with van der Waals surface area (Å²) in [7, 11) is -4.12. The molecule has 0 radical (unpaired) electrons. The van der Waals surface area contributed by atoms with Crippen molar-refractivity contribution in [2.45, 2.75) is 69.5 Å². The van der Waals surface area contributed by atoms with Gasteiger partial charge in [0.1, 0.15) is 6.04 Å². The van der Waals surface area contributed by atoms with Gasteiger partial charge in [0.25, 0.3) is 5.91 Å². The van der Waals surface area contributed by atoms with E-state index in [9.17, 15) is 23.1 Å². The Morgan fingerprint density at radius 3 is 2.58 bits per heavy atom. The summed E-state index contributed by atoms with van der Waals surface area (Å²) >= 11 is 0. The van der Waals surface area contributed by atoms with E-state index in [1.54, 1.807) is 38.4 Å². The molecule has 3 rings (SSSR count). The first-order chi connectivity index (χ1) is 17.1. The number of aromatic amines is 1. The second-order valence-corrected chi connectivity index (χ2v) is 10.7. The number of unbranched alkanes of at least 4 members (excludes halogenated alkanes) is 1. The summed E-state index contributed by atoms with van der Waals surface area (Å²) in [5, 5.41) is 15.2. The zero-order valence-electron chi connectivity index (χ0n) is 20.6. The van der Waals surface area contributed by atoms with Crippen LogP contribution >= 0.6 is 0 Å². The summed E-state index contributed by atoms with van der Waals surface area (Å²) in [6.07, 6.45) is 5.68. The van der Waals surface area contributed by atoms with Gasteiger partial charge in [-0.25, -0.2) is 13.4 Å². The number of imidazole rings is 1. The van der Waals surface area contributed by atoms with Crippen LogP contribution in [-0.4, -0.2) is 66.6 Å². The van der Waals surface area contributed by atoms with Crippen LogP contribution in [0.1, 0.15) is 42.4 Å². The number of nitrogens with zero attached hydrogens (tertiary/aromatic N) is 1. The number of aromatic nitrogens is 2. The standard InChI is InChI=1S/C23H34N6O6S/c1-14-10-15(2)20(16(3)11-14)36(33,34)29-18(22(31)32)13-27-21(30)19-12-17(28-35-19)6-4-5-7-24-23-25-8-9-26-23/h8-11,17-19,28-29H,4-7,12-13H2,1-3H3,(H,27,30)(H,31,32)(H2,24,25,26). The van der Waals surface area contributed by atoms with Crippen molar-refractivity contribution in [3.05, 3.63) is 41.2 Å². The van der Waals surface area contributed by atoms with Crippen molar-refractivity contribution >= 4 is 27.8 Å². The maximum Gasteiger partial charge on any atom is 0.323 e. The molecule has 0 aliphatic carbocycles. The first-order valence-electron chi connectivity index (χ1n) is 11.8. The van der Waals surface area contributed by atoms with Crippen molar-refractivity contribution in [3.8, 4) is 0 Å². The number of anilines is 1. The number of hydrogen-bond acceptors (Lipinski definition) is 8. The monoisotopic (exact) mass is 522 g/mol. The third-order valence-electron chi connectivity index (χ3n) is 5.89. The molecule has 1 aromatic heterocycles. The van der Waals surface area contributed by atoms with Gasteiger partial charge in [0, 0.05) is 37.9 Å². The summed E-state index contributed by atoms with van der Waals surface area (Å²) in [5.41, 5.74) is 4.78. The molecule has 0 saturated carbocycles. The fourth-order valence-corrected chi connectivity index (χ4v) is 5.93. The number of hydroxylamine groups is 1. The van der Waals surface area contributed by atoms with E-state index in [2.05, 4.69) is 30.8 Å². The summed E-state index contributed by atoms with van der Waals surface area (Å²) < 4.78 is 28.1. The summed E-state index contributed by atoms with van der Waals surface area (Å²) in [6, 6.07) is 1.89. The van der Waals surface area contributed by atoms with Gasteiger partial charge < -0.3 is 20.7 Å². The summed E-state index contributed by atoms with van der Waals surface area (Å²) in [6.45, 7) is 5.51. The number of H-pyrrole nitrogens is 1. The van der Waals surface area contributed by atoms with Gasteiger partial charge in [-0.1, -0.05) is 24.1 Å². The van der Waals surface area contributed by atoms with Crippen LogP contribution in [0.3, 0.4) is 0 Å². The number of benzene rings is 1. The summed E-state index contributed by atoms with van der Waals surface area (Å²) in [5.74, 6) is -1.18. The highest BCUT2D eigenvalue weighted by atomic mass is 32.2. The second kappa shape index (κ2) is 12.3. The molecule has 1 aliphatic heterocycles. The lowest BCUT2D eigenvalue weighted by Crippen LogP contribution is -2.50. The number of sulfonamides is 1. The van der Waals surface area contributed by atoms with Gasteiger partial charge in [-0.3, -0.25) is 14.4 Å². The Morgan fingerprint density at radius 1 is 1.22 bits per heavy atom. The molecule has 2 heterocycles. The first-order valence-corrected chi connectivity index (χ1v) is 13.3. The Labute approximate surface area is 210 Å². The molecule has 1 saturated heterocycles. The average Bonchev–Trinajstić information content (AvgIpc) is 3.47. The largest absolute Gasteiger partial charge is 0.480 e. The van der Waals surface area contributed by atoms with Crippen molar-refractivity contribution in [3.63, 3.8) is 0 Å². The number of aliphatic carboxylic acids is 1. The van der Waals surface area contributed by atoms with Crippen LogP contribution in [0.2, 0.25) is 0 Å². The molecule has 1 aromatic carbocycles. The molecule has 0 bridgehead atoms. The molecule has 1 fully saturated rings. The van der Waals surface area contributed by atoms with E-state index in [1.807, 2.05) is 6.92 Å². The molecule has 6 N–H and O–H groups in total. The van der Waals surface area contributed by atoms with Crippen LogP contribution in [0.4, 0.5) is 5.95 Å². The Bertz CT molecular complexity index is 1130. The Morgan fingerprint density at radius 2 is 1.94 bits per heavy atom. The minimum atomic E-state index is -4.12. The lowest BCUT2D eigenvalue weighted by Gasteiger charge is -2.19. The van der Waals surface area contributed by atoms with Crippen molar-refractivity contribution in [1.82, 2.24) is 25.5 Å². The van der Waals surface area contributed by atoms with Crippen LogP contribution in [0.5, 0.6) is 0 Å². The molecule has 1 amide bonds. The number of carbonyl (C=O) groups excluding carboxylic acids is 1. The number of carboxylic acid groups (broad SMARTS) is 1. The predicted octanol–water partition coefficient (Wildman–Crippen LogP) is 1.13. The number of aryl methyl sites for hydroxylation is 3. The minimum Gasteiger partial charge on any atom is -0.480 e. The minimum absolute atomic E-state index is 0.00868. The van der Waals surface area contributed by atoms with Gasteiger partial charge >= 0.3 is 5.97 Å². The van der Waals surface area contributed by atoms with E-state index >= 15 is 0 Å². The highest BCUT2D eigenvalue weighted by molar-refractivity contribution is 7.89. The lowest BCUT2D eigenvalue weighted by molar-refractivity contribution is -0.139. The lowest BCUT2D eigenvalue weighted by atomic mass is 10.0. The third kappa shape index (κ3) is 7.50. The Kier molecular flexibility index (Phi) is 9.43. The number of carbonyl (C=O) groups is 2. The second-order valence-electron chi connectivity index (χ2n) is 9.00. The van der Waals surface area contributed by atoms with E-state index in [4.69, 9.17) is 4.84 Å². The fourth-order valence-electron chi connectivity index (χ4n) is 4.29. The Hall–Kier alpha value is -3.00. The van der Waals surface area contributed by atoms with Crippen molar-refractivity contribution in [2.24, 2.45) is 0 Å². The zero-order valence-corrected chi connectivity index (χ0v) is 21.4. The van der Waals surface area contributed by atoms with E-state index in [0.29, 0.717) is 17.5 Å². The van der Waals surface area contributed by atoms with Crippen LogP contribution in [0.25, 0.3) is 0 Å². The predicted molar refractivity (Wildman–Crippen MR) is 133 cm³/mol. The van der Waals surface area contributed by atoms with Crippen LogP contribution in [0, 0.1) is 20.8 Å². The number of rotatable bonds is 13. The molecular formula is C23H34N6O6S. The van der Waals surface area contributed by atoms with E-state index in [-0.39, 0.29) is 10.9 Å². The maximum absolute atomic E-state index is 12.9. The molecule has 1 aliphatic rings. The molecular weight excluding hydrogens is 488 g/mol. The highest BCUT2D eigenvalue weighted by Gasteiger charge is 2.33. The number of nitrogens with one attached hydrogen (secondary N) is 5. The maximum atomic E-state index is 12.9. The van der Waals surface area contributed by atoms with Gasteiger partial charge in [-0.15, -0.1) is 0 Å². The molecule has 12 nitrogen and oxygen atoms in total. The summed E-state index contributed by atoms with van der Waals surface area (Å²) in [4.78, 5) is 36.7. The molecule has 3 unspecified atom stereocenters. The number of carboxylic acids is 1. The third-order valence-corrected chi connectivity index (χ3v) is 7.66. The molecule has 198 valence electrons. The zero-order chi connectivity index (χ0) is 26.3. The van der Waals surface area contributed by atoms with Crippen molar-refractivity contribution < 1.29 is 28.0 Å². The molecule has 13 heteroatoms. The molecule has 3 atom stereocenters. The topological polar surface area (TPSA) is 175 Å². The first kappa shape index (κ1) is 27.6. The van der Waals surface area contributed by atoms with Gasteiger partial charge in [0.2, 0.25) is 10.0 Å². The Balaban J connectivity index is 1.45. The van der Waals surface area contributed by atoms with Crippen molar-refractivity contribution in [2.75, 3.05) is 18.4 Å². The van der Waals surface area contributed by atoms with Crippen LogP contribution in [0.15, 0.2) is 29.4 Å². The van der Waals surface area contributed by atoms with Gasteiger partial charge in [0.15, 0.2) is 12.1 Å². The quantitative estimate of drug-likeness (QED) is 0.211. The fraction of sp³-hybridized carbons (Fsp3) is 0.522. The smallest absolute Gasteiger partial charge is 0.323 e. The van der Waals surface area contributed by atoms with Gasteiger partial charge in [-0.2, -0.15) is 10.2 Å².